The third-order valence-corrected chi connectivity index (χ3v) is 4.33. The van der Waals surface area contributed by atoms with Gasteiger partial charge in [-0.3, -0.25) is 0 Å². The van der Waals surface area contributed by atoms with Crippen molar-refractivity contribution in [3.8, 4) is 11.9 Å². The number of alkyl carbamates (subject to hydrolysis) is 1. The van der Waals surface area contributed by atoms with E-state index >= 15 is 0 Å². The van der Waals surface area contributed by atoms with E-state index in [9.17, 15) is 4.79 Å². The molecule has 1 aliphatic rings. The smallest absolute Gasteiger partial charge is 0.407 e. The van der Waals surface area contributed by atoms with Crippen LogP contribution in [0.25, 0.3) is 0 Å². The molecular weight excluding hydrogens is 356 g/mol. The standard InChI is InChI=1S/C18H25ClN4O3/c1-18(2,3)26-17(24)22-13-7-5-12(6-8-13)21-15-14(19)9-11(10-20)16(23-15)25-4/h9,12-13H,5-8H2,1-4H3,(H,21,23)(H,22,24). The lowest BCUT2D eigenvalue weighted by Gasteiger charge is -2.31. The molecule has 0 aromatic carbocycles. The second kappa shape index (κ2) is 8.45. The lowest BCUT2D eigenvalue weighted by molar-refractivity contribution is 0.0492. The van der Waals surface area contributed by atoms with Gasteiger partial charge in [-0.05, 0) is 52.5 Å². The number of hydrogen-bond acceptors (Lipinski definition) is 6. The van der Waals surface area contributed by atoms with Crippen molar-refractivity contribution in [1.29, 1.82) is 5.26 Å². The fourth-order valence-electron chi connectivity index (χ4n) is 2.86. The van der Waals surface area contributed by atoms with Crippen LogP contribution in [0.3, 0.4) is 0 Å². The number of aromatic nitrogens is 1. The highest BCUT2D eigenvalue weighted by molar-refractivity contribution is 6.33. The first-order chi connectivity index (χ1) is 12.2. The molecule has 142 valence electrons. The molecule has 1 aromatic rings. The summed E-state index contributed by atoms with van der Waals surface area (Å²) in [4.78, 5) is 16.1. The Bertz CT molecular complexity index is 689. The molecular formula is C18H25ClN4O3. The van der Waals surface area contributed by atoms with E-state index in [4.69, 9.17) is 26.3 Å². The van der Waals surface area contributed by atoms with E-state index in [0.717, 1.165) is 25.7 Å². The zero-order chi connectivity index (χ0) is 19.3. The minimum atomic E-state index is -0.500. The van der Waals surface area contributed by atoms with Gasteiger partial charge in [0.1, 0.15) is 23.1 Å². The molecule has 26 heavy (non-hydrogen) atoms. The normalized spacial score (nSPS) is 20.0. The van der Waals surface area contributed by atoms with Crippen molar-refractivity contribution in [2.45, 2.75) is 64.1 Å². The van der Waals surface area contributed by atoms with Crippen molar-refractivity contribution >= 4 is 23.5 Å². The summed E-state index contributed by atoms with van der Waals surface area (Å²) >= 11 is 6.21. The predicted molar refractivity (Wildman–Crippen MR) is 99.6 cm³/mol. The number of carbonyl (C=O) groups excluding carboxylic acids is 1. The van der Waals surface area contributed by atoms with Crippen molar-refractivity contribution in [2.24, 2.45) is 0 Å². The van der Waals surface area contributed by atoms with Gasteiger partial charge in [0.25, 0.3) is 0 Å². The molecule has 8 heteroatoms. The number of pyridine rings is 1. The summed E-state index contributed by atoms with van der Waals surface area (Å²) in [5.74, 6) is 0.755. The van der Waals surface area contributed by atoms with Crippen molar-refractivity contribution in [2.75, 3.05) is 12.4 Å². The lowest BCUT2D eigenvalue weighted by atomic mass is 9.91. The fourth-order valence-corrected chi connectivity index (χ4v) is 3.06. The number of amides is 1. The summed E-state index contributed by atoms with van der Waals surface area (Å²) in [5.41, 5.74) is -0.201. The largest absolute Gasteiger partial charge is 0.480 e. The van der Waals surface area contributed by atoms with Crippen molar-refractivity contribution in [3.63, 3.8) is 0 Å². The van der Waals surface area contributed by atoms with E-state index in [1.165, 1.54) is 7.11 Å². The van der Waals surface area contributed by atoms with E-state index in [0.29, 0.717) is 16.4 Å². The maximum absolute atomic E-state index is 11.9. The van der Waals surface area contributed by atoms with Gasteiger partial charge in [-0.15, -0.1) is 0 Å². The molecule has 0 atom stereocenters. The molecule has 1 amide bonds. The Morgan fingerprint density at radius 1 is 1.31 bits per heavy atom. The highest BCUT2D eigenvalue weighted by Gasteiger charge is 2.25. The predicted octanol–water partition coefficient (Wildman–Crippen LogP) is 3.86. The maximum atomic E-state index is 11.9. The number of nitrogens with zero attached hydrogens (tertiary/aromatic N) is 2. The molecule has 1 aliphatic carbocycles. The molecule has 7 nitrogen and oxygen atoms in total. The Labute approximate surface area is 159 Å². The molecule has 0 aliphatic heterocycles. The van der Waals surface area contributed by atoms with E-state index in [1.54, 1.807) is 6.07 Å². The number of halogens is 1. The van der Waals surface area contributed by atoms with Crippen LogP contribution in [0, 0.1) is 11.3 Å². The zero-order valence-corrected chi connectivity index (χ0v) is 16.3. The number of hydrogen-bond donors (Lipinski definition) is 2. The molecule has 1 saturated carbocycles. The second-order valence-corrected chi connectivity index (χ2v) is 7.73. The number of nitrogens with one attached hydrogen (secondary N) is 2. The van der Waals surface area contributed by atoms with E-state index in [-0.39, 0.29) is 24.1 Å². The Balaban J connectivity index is 1.89. The van der Waals surface area contributed by atoms with E-state index < -0.39 is 5.60 Å². The van der Waals surface area contributed by atoms with Gasteiger partial charge in [0, 0.05) is 12.1 Å². The maximum Gasteiger partial charge on any atom is 0.407 e. The third kappa shape index (κ3) is 5.67. The van der Waals surface area contributed by atoms with Crippen LogP contribution < -0.4 is 15.4 Å². The Morgan fingerprint density at radius 2 is 1.92 bits per heavy atom. The van der Waals surface area contributed by atoms with E-state index in [1.807, 2.05) is 26.8 Å². The second-order valence-electron chi connectivity index (χ2n) is 7.33. The van der Waals surface area contributed by atoms with Gasteiger partial charge in [0.05, 0.1) is 12.1 Å². The Morgan fingerprint density at radius 3 is 2.46 bits per heavy atom. The zero-order valence-electron chi connectivity index (χ0n) is 15.6. The number of rotatable bonds is 4. The number of carbonyl (C=O) groups is 1. The van der Waals surface area contributed by atoms with Gasteiger partial charge in [-0.2, -0.15) is 10.2 Å². The molecule has 2 rings (SSSR count). The van der Waals surface area contributed by atoms with Crippen molar-refractivity contribution in [3.05, 3.63) is 16.7 Å². The fraction of sp³-hybridized carbons (Fsp3) is 0.611. The molecule has 1 fully saturated rings. The Hall–Kier alpha value is -2.20. The first-order valence-electron chi connectivity index (χ1n) is 8.62. The SMILES string of the molecule is COc1nc(NC2CCC(NC(=O)OC(C)(C)C)CC2)c(Cl)cc1C#N. The topological polar surface area (TPSA) is 96.3 Å². The lowest BCUT2D eigenvalue weighted by Crippen LogP contribution is -2.42. The average Bonchev–Trinajstić information content (AvgIpc) is 2.56. The monoisotopic (exact) mass is 380 g/mol. The summed E-state index contributed by atoms with van der Waals surface area (Å²) in [6, 6.07) is 3.84. The quantitative estimate of drug-likeness (QED) is 0.823. The van der Waals surface area contributed by atoms with Crippen LogP contribution >= 0.6 is 11.6 Å². The first-order valence-corrected chi connectivity index (χ1v) is 9.00. The summed E-state index contributed by atoms with van der Waals surface area (Å²) in [5, 5.41) is 15.7. The molecule has 0 radical (unpaired) electrons. The molecule has 0 spiro atoms. The summed E-state index contributed by atoms with van der Waals surface area (Å²) < 4.78 is 10.4. The number of nitriles is 1. The van der Waals surface area contributed by atoms with Crippen molar-refractivity contribution < 1.29 is 14.3 Å². The minimum Gasteiger partial charge on any atom is -0.480 e. The number of ether oxygens (including phenoxy) is 2. The summed E-state index contributed by atoms with van der Waals surface area (Å²) in [6.07, 6.45) is 3.02. The van der Waals surface area contributed by atoms with Crippen LogP contribution in [0.15, 0.2) is 6.07 Å². The van der Waals surface area contributed by atoms with Gasteiger partial charge >= 0.3 is 6.09 Å². The van der Waals surface area contributed by atoms with Gasteiger partial charge in [0.2, 0.25) is 5.88 Å². The Kier molecular flexibility index (Phi) is 6.54. The summed E-state index contributed by atoms with van der Waals surface area (Å²) in [7, 11) is 1.47. The van der Waals surface area contributed by atoms with Crippen LogP contribution in [-0.4, -0.2) is 35.9 Å². The molecule has 1 heterocycles. The molecule has 2 N–H and O–H groups in total. The van der Waals surface area contributed by atoms with Gasteiger partial charge < -0.3 is 20.1 Å². The van der Waals surface area contributed by atoms with Crippen LogP contribution in [-0.2, 0) is 4.74 Å². The third-order valence-electron chi connectivity index (χ3n) is 4.04. The van der Waals surface area contributed by atoms with E-state index in [2.05, 4.69) is 15.6 Å². The van der Waals surface area contributed by atoms with Gasteiger partial charge in [0.15, 0.2) is 0 Å². The van der Waals surface area contributed by atoms with Gasteiger partial charge in [-0.25, -0.2) is 4.79 Å². The number of methoxy groups -OCH3 is 1. The molecule has 0 unspecified atom stereocenters. The molecule has 0 saturated heterocycles. The first kappa shape index (κ1) is 20.1. The summed E-state index contributed by atoms with van der Waals surface area (Å²) in [6.45, 7) is 5.53. The van der Waals surface area contributed by atoms with Gasteiger partial charge in [-0.1, -0.05) is 11.6 Å². The highest BCUT2D eigenvalue weighted by Crippen LogP contribution is 2.29. The molecule has 1 aromatic heterocycles. The average molecular weight is 381 g/mol. The van der Waals surface area contributed by atoms with Crippen molar-refractivity contribution in [1.82, 2.24) is 10.3 Å². The van der Waals surface area contributed by atoms with Crippen LogP contribution in [0.5, 0.6) is 5.88 Å². The highest BCUT2D eigenvalue weighted by atomic mass is 35.5. The van der Waals surface area contributed by atoms with Crippen LogP contribution in [0.4, 0.5) is 10.6 Å². The number of anilines is 1. The van der Waals surface area contributed by atoms with Crippen LogP contribution in [0.2, 0.25) is 5.02 Å². The van der Waals surface area contributed by atoms with Crippen LogP contribution in [0.1, 0.15) is 52.0 Å². The minimum absolute atomic E-state index is 0.0989. The molecule has 0 bridgehead atoms.